The first-order valence-electron chi connectivity index (χ1n) is 8.36. The van der Waals surface area contributed by atoms with Crippen LogP contribution in [0.4, 0.5) is 4.39 Å². The fraction of sp³-hybridized carbons (Fsp3) is 0.143. The van der Waals surface area contributed by atoms with E-state index in [4.69, 9.17) is 14.2 Å². The molecule has 0 aliphatic heterocycles. The summed E-state index contributed by atoms with van der Waals surface area (Å²) in [6, 6.07) is 12.0. The standard InChI is InChI=1S/C21H18FNO4S/c1-25-17-7-5-15(6-8-17)21-23-16(13-28-21)12-27-20(24)10-4-14-3-9-19(26-2)18(22)11-14/h3-11,13H,12H2,1-2H3/b10-4+. The summed E-state index contributed by atoms with van der Waals surface area (Å²) >= 11 is 1.47. The van der Waals surface area contributed by atoms with Gasteiger partial charge in [-0.2, -0.15) is 0 Å². The molecule has 0 radical (unpaired) electrons. The summed E-state index contributed by atoms with van der Waals surface area (Å²) in [5, 5.41) is 2.67. The van der Waals surface area contributed by atoms with Crippen LogP contribution in [0.25, 0.3) is 16.6 Å². The Morgan fingerprint density at radius 3 is 2.61 bits per heavy atom. The minimum atomic E-state index is -0.532. The largest absolute Gasteiger partial charge is 0.497 e. The molecule has 0 amide bonds. The number of benzene rings is 2. The Morgan fingerprint density at radius 1 is 1.14 bits per heavy atom. The van der Waals surface area contributed by atoms with Gasteiger partial charge in [0.25, 0.3) is 0 Å². The van der Waals surface area contributed by atoms with Crippen LogP contribution in [-0.4, -0.2) is 25.2 Å². The van der Waals surface area contributed by atoms with Crippen LogP contribution in [0.5, 0.6) is 11.5 Å². The van der Waals surface area contributed by atoms with Crippen molar-refractivity contribution in [3.63, 3.8) is 0 Å². The van der Waals surface area contributed by atoms with E-state index in [9.17, 15) is 9.18 Å². The summed E-state index contributed by atoms with van der Waals surface area (Å²) in [6.07, 6.45) is 2.73. The van der Waals surface area contributed by atoms with Gasteiger partial charge in [0.2, 0.25) is 0 Å². The number of halogens is 1. The normalized spacial score (nSPS) is 10.8. The molecule has 2 aromatic carbocycles. The van der Waals surface area contributed by atoms with Crippen LogP contribution in [0.1, 0.15) is 11.3 Å². The number of rotatable bonds is 7. The zero-order chi connectivity index (χ0) is 19.9. The van der Waals surface area contributed by atoms with Crippen molar-refractivity contribution >= 4 is 23.4 Å². The van der Waals surface area contributed by atoms with Gasteiger partial charge in [-0.05, 0) is 48.0 Å². The van der Waals surface area contributed by atoms with Gasteiger partial charge in [-0.1, -0.05) is 6.07 Å². The molecule has 0 aliphatic carbocycles. The molecular formula is C21H18FNO4S. The summed E-state index contributed by atoms with van der Waals surface area (Å²) in [5.41, 5.74) is 2.16. The van der Waals surface area contributed by atoms with E-state index in [1.165, 1.54) is 42.7 Å². The molecule has 0 spiro atoms. The van der Waals surface area contributed by atoms with Crippen LogP contribution in [-0.2, 0) is 16.1 Å². The van der Waals surface area contributed by atoms with E-state index in [-0.39, 0.29) is 12.4 Å². The first-order chi connectivity index (χ1) is 13.6. The van der Waals surface area contributed by atoms with Crippen LogP contribution in [0.3, 0.4) is 0 Å². The second kappa shape index (κ2) is 9.14. The molecule has 0 saturated carbocycles. The number of carbonyl (C=O) groups excluding carboxylic acids is 1. The van der Waals surface area contributed by atoms with Crippen molar-refractivity contribution in [1.29, 1.82) is 0 Å². The monoisotopic (exact) mass is 399 g/mol. The SMILES string of the molecule is COc1ccc(-c2nc(COC(=O)/C=C/c3ccc(OC)c(F)c3)cs2)cc1. The second-order valence-electron chi connectivity index (χ2n) is 5.71. The Labute approximate surface area is 166 Å². The minimum Gasteiger partial charge on any atom is -0.497 e. The Kier molecular flexibility index (Phi) is 6.39. The molecule has 0 N–H and O–H groups in total. The van der Waals surface area contributed by atoms with E-state index >= 15 is 0 Å². The maximum absolute atomic E-state index is 13.6. The summed E-state index contributed by atoms with van der Waals surface area (Å²) in [6.45, 7) is 0.0623. The number of aromatic nitrogens is 1. The summed E-state index contributed by atoms with van der Waals surface area (Å²) in [5.74, 6) is -0.101. The highest BCUT2D eigenvalue weighted by molar-refractivity contribution is 7.13. The van der Waals surface area contributed by atoms with Gasteiger partial charge in [-0.15, -0.1) is 11.3 Å². The minimum absolute atomic E-state index is 0.0623. The number of carbonyl (C=O) groups is 1. The van der Waals surface area contributed by atoms with Gasteiger partial charge in [0, 0.05) is 17.0 Å². The highest BCUT2D eigenvalue weighted by Crippen LogP contribution is 2.26. The lowest BCUT2D eigenvalue weighted by molar-refractivity contribution is -0.139. The molecule has 28 heavy (non-hydrogen) atoms. The number of methoxy groups -OCH3 is 2. The molecule has 0 aliphatic rings. The summed E-state index contributed by atoms with van der Waals surface area (Å²) in [4.78, 5) is 16.3. The second-order valence-corrected chi connectivity index (χ2v) is 6.57. The topological polar surface area (TPSA) is 57.7 Å². The third kappa shape index (κ3) is 4.95. The molecule has 1 heterocycles. The Bertz CT molecular complexity index is 982. The molecular weight excluding hydrogens is 381 g/mol. The van der Waals surface area contributed by atoms with Gasteiger partial charge in [0.1, 0.15) is 17.4 Å². The van der Waals surface area contributed by atoms with E-state index in [1.54, 1.807) is 13.2 Å². The van der Waals surface area contributed by atoms with Crippen LogP contribution >= 0.6 is 11.3 Å². The predicted octanol–water partition coefficient (Wildman–Crippen LogP) is 4.72. The van der Waals surface area contributed by atoms with E-state index in [1.807, 2.05) is 29.6 Å². The van der Waals surface area contributed by atoms with Gasteiger partial charge >= 0.3 is 5.97 Å². The van der Waals surface area contributed by atoms with Crippen molar-refractivity contribution in [2.45, 2.75) is 6.61 Å². The van der Waals surface area contributed by atoms with Crippen LogP contribution in [0, 0.1) is 5.82 Å². The van der Waals surface area contributed by atoms with Crippen molar-refractivity contribution < 1.29 is 23.4 Å². The van der Waals surface area contributed by atoms with Gasteiger partial charge in [0.15, 0.2) is 11.6 Å². The van der Waals surface area contributed by atoms with Gasteiger partial charge in [-0.3, -0.25) is 0 Å². The molecule has 3 rings (SSSR count). The molecule has 3 aromatic rings. The molecule has 0 bridgehead atoms. The number of hydrogen-bond donors (Lipinski definition) is 0. The van der Waals surface area contributed by atoms with Gasteiger partial charge in [0.05, 0.1) is 19.9 Å². The molecule has 1 aromatic heterocycles. The summed E-state index contributed by atoms with van der Waals surface area (Å²) in [7, 11) is 3.01. The quantitative estimate of drug-likeness (QED) is 0.425. The number of nitrogens with zero attached hydrogens (tertiary/aromatic N) is 1. The fourth-order valence-corrected chi connectivity index (χ4v) is 3.19. The van der Waals surface area contributed by atoms with Crippen molar-refractivity contribution in [2.24, 2.45) is 0 Å². The third-order valence-electron chi connectivity index (χ3n) is 3.84. The molecule has 0 unspecified atom stereocenters. The van der Waals surface area contributed by atoms with Crippen LogP contribution < -0.4 is 9.47 Å². The Hall–Kier alpha value is -3.19. The van der Waals surface area contributed by atoms with E-state index < -0.39 is 11.8 Å². The molecule has 0 saturated heterocycles. The van der Waals surface area contributed by atoms with Gasteiger partial charge < -0.3 is 14.2 Å². The fourth-order valence-electron chi connectivity index (χ4n) is 2.38. The number of esters is 1. The average molecular weight is 399 g/mol. The maximum atomic E-state index is 13.6. The first-order valence-corrected chi connectivity index (χ1v) is 9.24. The Balaban J connectivity index is 1.56. The number of thiazole rings is 1. The van der Waals surface area contributed by atoms with E-state index in [0.29, 0.717) is 11.3 Å². The van der Waals surface area contributed by atoms with Gasteiger partial charge in [-0.25, -0.2) is 14.2 Å². The highest BCUT2D eigenvalue weighted by Gasteiger charge is 2.07. The zero-order valence-corrected chi connectivity index (χ0v) is 16.2. The van der Waals surface area contributed by atoms with E-state index in [2.05, 4.69) is 4.98 Å². The third-order valence-corrected chi connectivity index (χ3v) is 4.78. The smallest absolute Gasteiger partial charge is 0.331 e. The highest BCUT2D eigenvalue weighted by atomic mass is 32.1. The predicted molar refractivity (Wildman–Crippen MR) is 106 cm³/mol. The lowest BCUT2D eigenvalue weighted by Crippen LogP contribution is -2.01. The summed E-state index contributed by atoms with van der Waals surface area (Å²) < 4.78 is 28.8. The average Bonchev–Trinajstić information content (AvgIpc) is 3.20. The lowest BCUT2D eigenvalue weighted by Gasteiger charge is -2.02. The number of ether oxygens (including phenoxy) is 3. The van der Waals surface area contributed by atoms with Crippen molar-refractivity contribution in [2.75, 3.05) is 14.2 Å². The molecule has 5 nitrogen and oxygen atoms in total. The zero-order valence-electron chi connectivity index (χ0n) is 15.3. The maximum Gasteiger partial charge on any atom is 0.331 e. The van der Waals surface area contributed by atoms with Crippen molar-refractivity contribution in [3.8, 4) is 22.1 Å². The number of hydrogen-bond acceptors (Lipinski definition) is 6. The molecule has 7 heteroatoms. The first kappa shape index (κ1) is 19.6. The van der Waals surface area contributed by atoms with E-state index in [0.717, 1.165) is 16.3 Å². The van der Waals surface area contributed by atoms with Crippen molar-refractivity contribution in [3.05, 3.63) is 71.0 Å². The molecule has 144 valence electrons. The van der Waals surface area contributed by atoms with Crippen LogP contribution in [0.15, 0.2) is 53.9 Å². The van der Waals surface area contributed by atoms with Crippen molar-refractivity contribution in [1.82, 2.24) is 4.98 Å². The molecule has 0 fully saturated rings. The van der Waals surface area contributed by atoms with Crippen LogP contribution in [0.2, 0.25) is 0 Å². The Morgan fingerprint density at radius 2 is 1.93 bits per heavy atom. The lowest BCUT2D eigenvalue weighted by atomic mass is 10.2. The molecule has 0 atom stereocenters.